The van der Waals surface area contributed by atoms with Crippen molar-refractivity contribution in [1.82, 2.24) is 4.98 Å². The number of aromatic nitrogens is 1. The van der Waals surface area contributed by atoms with Gasteiger partial charge in [0, 0.05) is 18.4 Å². The van der Waals surface area contributed by atoms with Gasteiger partial charge in [-0.1, -0.05) is 24.4 Å². The van der Waals surface area contributed by atoms with E-state index in [9.17, 15) is 0 Å². The van der Waals surface area contributed by atoms with Crippen LogP contribution in [0.15, 0.2) is 17.3 Å². The number of hydrogen-bond acceptors (Lipinski definition) is 3. The molecule has 1 aromatic rings. The zero-order chi connectivity index (χ0) is 9.42. The van der Waals surface area contributed by atoms with Crippen molar-refractivity contribution in [1.29, 1.82) is 0 Å². The van der Waals surface area contributed by atoms with Crippen molar-refractivity contribution in [3.8, 4) is 0 Å². The molecule has 0 radical (unpaired) electrons. The van der Waals surface area contributed by atoms with E-state index in [1.165, 1.54) is 0 Å². The van der Waals surface area contributed by atoms with Crippen LogP contribution in [-0.2, 0) is 32.7 Å². The van der Waals surface area contributed by atoms with Gasteiger partial charge in [-0.05, 0) is 18.3 Å². The Hall–Kier alpha value is -0.536. The second-order valence-corrected chi connectivity index (χ2v) is 3.02. The minimum atomic E-state index is 0. The number of pyridine rings is 1. The van der Waals surface area contributed by atoms with Crippen LogP contribution in [-0.4, -0.2) is 18.4 Å². The number of nitrogens with zero attached hydrogens (tertiary/aromatic N) is 3. The molecule has 66 valence electrons. The van der Waals surface area contributed by atoms with E-state index in [-0.39, 0.29) is 32.7 Å². The van der Waals surface area contributed by atoms with Gasteiger partial charge in [-0.2, -0.15) is 0 Å². The Morgan fingerprint density at radius 1 is 1.50 bits per heavy atom. The molecule has 1 aliphatic rings. The van der Waals surface area contributed by atoms with Gasteiger partial charge in [-0.25, -0.2) is 0 Å². The smallest absolute Gasteiger partial charge is 0.427 e. The molecule has 0 spiro atoms. The summed E-state index contributed by atoms with van der Waals surface area (Å²) in [5.41, 5.74) is 0.922. The van der Waals surface area contributed by atoms with Crippen molar-refractivity contribution in [3.63, 3.8) is 0 Å². The molecule has 0 saturated heterocycles. The van der Waals surface area contributed by atoms with Gasteiger partial charge in [-0.3, -0.25) is 0 Å². The summed E-state index contributed by atoms with van der Waals surface area (Å²) in [6, 6.07) is 1.89. The van der Waals surface area contributed by atoms with Crippen LogP contribution in [0.2, 0.25) is 0 Å². The molecule has 0 amide bonds. The SMILES string of the molecule is C=c1ccnc2c1=C(C)N=[C-]N2C.[Y+3]. The molecule has 0 bridgehead atoms. The minimum absolute atomic E-state index is 0. The third-order valence-corrected chi connectivity index (χ3v) is 2.06. The molecule has 0 aromatic carbocycles. The van der Waals surface area contributed by atoms with Gasteiger partial charge in [0.2, 0.25) is 0 Å². The fourth-order valence-electron chi connectivity index (χ4n) is 1.39. The Morgan fingerprint density at radius 2 is 2.21 bits per heavy atom. The van der Waals surface area contributed by atoms with Crippen LogP contribution in [0.4, 0.5) is 5.82 Å². The van der Waals surface area contributed by atoms with Crippen molar-refractivity contribution in [2.24, 2.45) is 4.99 Å². The van der Waals surface area contributed by atoms with Gasteiger partial charge < -0.3 is 14.9 Å². The average molecular weight is 261 g/mol. The zero-order valence-corrected chi connectivity index (χ0v) is 11.1. The molecule has 4 heteroatoms. The second-order valence-electron chi connectivity index (χ2n) is 3.02. The molecule has 2 rings (SSSR count). The van der Waals surface area contributed by atoms with Gasteiger partial charge in [0.05, 0.1) is 0 Å². The Labute approximate surface area is 108 Å². The molecule has 0 fully saturated rings. The molecule has 0 saturated carbocycles. The summed E-state index contributed by atoms with van der Waals surface area (Å²) in [7, 11) is 1.88. The predicted octanol–water partition coefficient (Wildman–Crippen LogP) is -0.0274. The fourth-order valence-corrected chi connectivity index (χ4v) is 1.39. The van der Waals surface area contributed by atoms with Crippen LogP contribution in [0.3, 0.4) is 0 Å². The van der Waals surface area contributed by atoms with E-state index in [0.717, 1.165) is 22.0 Å². The van der Waals surface area contributed by atoms with E-state index < -0.39 is 0 Å². The standard InChI is InChI=1S/C10H10N3.Y/c1-7-4-5-11-10-9(7)8(2)12-6-13(10)3;/h4-5H,1H2,2-3H3;/q-1;+3. The molecule has 0 atom stereocenters. The van der Waals surface area contributed by atoms with Gasteiger partial charge in [-0.15, -0.1) is 0 Å². The molecule has 14 heavy (non-hydrogen) atoms. The molecule has 3 nitrogen and oxygen atoms in total. The van der Waals surface area contributed by atoms with Crippen LogP contribution in [0.25, 0.3) is 12.3 Å². The van der Waals surface area contributed by atoms with Crippen molar-refractivity contribution in [2.75, 3.05) is 11.9 Å². The third kappa shape index (κ3) is 1.79. The van der Waals surface area contributed by atoms with Crippen molar-refractivity contribution < 1.29 is 32.7 Å². The third-order valence-electron chi connectivity index (χ3n) is 2.06. The average Bonchev–Trinajstić information content (AvgIpc) is 2.12. The van der Waals surface area contributed by atoms with Crippen LogP contribution >= 0.6 is 0 Å². The zero-order valence-electron chi connectivity index (χ0n) is 8.28. The summed E-state index contributed by atoms with van der Waals surface area (Å²) < 4.78 is 0. The van der Waals surface area contributed by atoms with Crippen LogP contribution in [0.1, 0.15) is 6.92 Å². The van der Waals surface area contributed by atoms with Crippen LogP contribution in [0.5, 0.6) is 0 Å². The molecule has 0 N–H and O–H groups in total. The van der Waals surface area contributed by atoms with Gasteiger partial charge >= 0.3 is 32.7 Å². The van der Waals surface area contributed by atoms with E-state index in [0.29, 0.717) is 0 Å². The number of aliphatic imine (C=N–C) groups is 1. The van der Waals surface area contributed by atoms with Crippen LogP contribution < -0.4 is 15.3 Å². The quantitative estimate of drug-likeness (QED) is 0.614. The van der Waals surface area contributed by atoms with E-state index in [1.807, 2.05) is 20.0 Å². The number of fused-ring (bicyclic) bond motifs is 1. The summed E-state index contributed by atoms with van der Waals surface area (Å²) in [5.74, 6) is 0.875. The Bertz CT molecular complexity index is 479. The molecule has 2 heterocycles. The predicted molar refractivity (Wildman–Crippen MR) is 53.9 cm³/mol. The molecular formula is C10H10N3Y+2. The number of anilines is 1. The van der Waals surface area contributed by atoms with Crippen molar-refractivity contribution >= 4 is 24.4 Å². The number of hydrogen-bond donors (Lipinski definition) is 0. The summed E-state index contributed by atoms with van der Waals surface area (Å²) in [4.78, 5) is 10.2. The fraction of sp³-hybridized carbons (Fsp3) is 0.200. The van der Waals surface area contributed by atoms with Crippen molar-refractivity contribution in [3.05, 3.63) is 22.7 Å². The topological polar surface area (TPSA) is 28.5 Å². The largest absolute Gasteiger partial charge is 3.00 e. The van der Waals surface area contributed by atoms with E-state index in [4.69, 9.17) is 0 Å². The van der Waals surface area contributed by atoms with E-state index >= 15 is 0 Å². The number of rotatable bonds is 0. The molecular weight excluding hydrogens is 251 g/mol. The first kappa shape index (κ1) is 11.5. The molecule has 1 aromatic heterocycles. The van der Waals surface area contributed by atoms with E-state index in [1.54, 1.807) is 11.1 Å². The monoisotopic (exact) mass is 261 g/mol. The maximum Gasteiger partial charge on any atom is 3.00 e. The molecule has 0 aliphatic carbocycles. The Morgan fingerprint density at radius 3 is 2.86 bits per heavy atom. The van der Waals surface area contributed by atoms with Gasteiger partial charge in [0.25, 0.3) is 0 Å². The summed E-state index contributed by atoms with van der Waals surface area (Å²) in [5, 5.41) is 1.98. The summed E-state index contributed by atoms with van der Waals surface area (Å²) >= 11 is 0. The van der Waals surface area contributed by atoms with E-state index in [2.05, 4.69) is 22.9 Å². The Balaban J connectivity index is 0.000000980. The van der Waals surface area contributed by atoms with Crippen LogP contribution in [0, 0.1) is 0 Å². The molecule has 1 aliphatic heterocycles. The first-order chi connectivity index (χ1) is 6.20. The minimum Gasteiger partial charge on any atom is -0.427 e. The normalized spacial score (nSPS) is 13.6. The molecule has 0 unspecified atom stereocenters. The Kier molecular flexibility index (Phi) is 3.56. The first-order valence-corrected chi connectivity index (χ1v) is 4.05. The first-order valence-electron chi connectivity index (χ1n) is 4.05. The maximum absolute atomic E-state index is 4.25. The maximum atomic E-state index is 4.25. The second kappa shape index (κ2) is 4.32. The van der Waals surface area contributed by atoms with Crippen molar-refractivity contribution in [2.45, 2.75) is 6.92 Å². The van der Waals surface area contributed by atoms with Gasteiger partial charge in [0.1, 0.15) is 0 Å². The van der Waals surface area contributed by atoms with Gasteiger partial charge in [0.15, 0.2) is 0 Å². The summed E-state index contributed by atoms with van der Waals surface area (Å²) in [6.45, 7) is 5.88. The summed E-state index contributed by atoms with van der Waals surface area (Å²) in [6.07, 6.45) is 4.59.